The van der Waals surface area contributed by atoms with Gasteiger partial charge >= 0.3 is 6.16 Å². The van der Waals surface area contributed by atoms with Crippen LogP contribution in [0.3, 0.4) is 0 Å². The Bertz CT molecular complexity index is 1050. The molecule has 216 valence electrons. The summed E-state index contributed by atoms with van der Waals surface area (Å²) in [7, 11) is 0. The lowest BCUT2D eigenvalue weighted by atomic mass is 9.47. The van der Waals surface area contributed by atoms with Gasteiger partial charge in [0.2, 0.25) is 0 Å². The highest BCUT2D eigenvalue weighted by atomic mass is 79.9. The smallest absolute Gasteiger partial charge is 0.430 e. The minimum atomic E-state index is -0.595. The molecule has 0 amide bonds. The molecular weight excluding hydrogens is 616 g/mol. The fraction of sp³-hybridized carbons (Fsp3) is 0.735. The Balaban J connectivity index is 1.17. The first-order chi connectivity index (χ1) is 18.7. The molecule has 3 saturated carbocycles. The van der Waals surface area contributed by atoms with Crippen LogP contribution in [-0.2, 0) is 4.74 Å². The van der Waals surface area contributed by atoms with Gasteiger partial charge in [-0.05, 0) is 136 Å². The van der Waals surface area contributed by atoms with Gasteiger partial charge in [0, 0.05) is 15.4 Å². The molecule has 0 spiro atoms. The molecule has 1 aromatic carbocycles. The minimum absolute atomic E-state index is 0.0886. The number of unbranched alkanes of at least 4 members (excludes halogenated alkanes) is 5. The number of allylic oxidation sites excluding steroid dienone is 1. The van der Waals surface area contributed by atoms with Gasteiger partial charge in [0.15, 0.2) is 0 Å². The van der Waals surface area contributed by atoms with Crippen molar-refractivity contribution in [2.24, 2.45) is 34.5 Å². The predicted octanol–water partition coefficient (Wildman–Crippen LogP) is 11.4. The number of carbonyl (C=O) groups excluding carboxylic acids is 1. The molecule has 5 heteroatoms. The van der Waals surface area contributed by atoms with Crippen molar-refractivity contribution in [1.29, 1.82) is 0 Å². The molecule has 3 nitrogen and oxygen atoms in total. The van der Waals surface area contributed by atoms with Gasteiger partial charge in [0.25, 0.3) is 0 Å². The summed E-state index contributed by atoms with van der Waals surface area (Å²) >= 11 is 6.92. The topological polar surface area (TPSA) is 35.5 Å². The standard InChI is InChI=1S/C34H48Br2O3/c1-4-5-6-7-8-9-10-23-12-15-28-27-14-11-24-21-26(17-19-34(24,3)29(27)18-20-33(23,28)2)39-32(37)38-25-13-16-30(35)31(36)22-25/h11,13,16,22-23,26-29H,4-10,12,14-15,17-21H2,1-3H3/t23-,26-,27-,28-,29-,33+,34-/m0/s1. The zero-order valence-electron chi connectivity index (χ0n) is 24.3. The number of fused-ring (bicyclic) bond motifs is 5. The van der Waals surface area contributed by atoms with Crippen LogP contribution < -0.4 is 4.74 Å². The van der Waals surface area contributed by atoms with Crippen molar-refractivity contribution in [3.05, 3.63) is 38.8 Å². The lowest BCUT2D eigenvalue weighted by Gasteiger charge is -2.58. The number of benzene rings is 1. The Morgan fingerprint density at radius 1 is 0.949 bits per heavy atom. The van der Waals surface area contributed by atoms with E-state index in [1.165, 1.54) is 77.0 Å². The van der Waals surface area contributed by atoms with E-state index in [1.54, 1.807) is 17.7 Å². The van der Waals surface area contributed by atoms with Crippen LogP contribution in [0.25, 0.3) is 0 Å². The van der Waals surface area contributed by atoms with E-state index in [4.69, 9.17) is 9.47 Å². The van der Waals surface area contributed by atoms with E-state index >= 15 is 0 Å². The van der Waals surface area contributed by atoms with Gasteiger partial charge < -0.3 is 9.47 Å². The van der Waals surface area contributed by atoms with Crippen molar-refractivity contribution < 1.29 is 14.3 Å². The molecule has 0 unspecified atom stereocenters. The number of hydrogen-bond donors (Lipinski definition) is 0. The van der Waals surface area contributed by atoms with E-state index in [1.807, 2.05) is 6.07 Å². The summed E-state index contributed by atoms with van der Waals surface area (Å²) in [5, 5.41) is 0. The van der Waals surface area contributed by atoms with E-state index in [-0.39, 0.29) is 11.5 Å². The zero-order chi connectivity index (χ0) is 27.6. The molecule has 0 heterocycles. The first-order valence-electron chi connectivity index (χ1n) is 15.8. The molecule has 3 fully saturated rings. The van der Waals surface area contributed by atoms with Crippen LogP contribution in [0.5, 0.6) is 5.75 Å². The summed E-state index contributed by atoms with van der Waals surface area (Å²) in [5.41, 5.74) is 2.37. The molecule has 4 aliphatic carbocycles. The van der Waals surface area contributed by atoms with Crippen LogP contribution in [0.2, 0.25) is 0 Å². The summed E-state index contributed by atoms with van der Waals surface area (Å²) in [6, 6.07) is 5.42. The molecule has 7 atom stereocenters. The highest BCUT2D eigenvalue weighted by Gasteiger charge is 2.58. The third-order valence-corrected chi connectivity index (χ3v) is 13.4. The summed E-state index contributed by atoms with van der Waals surface area (Å²) in [6.07, 6.45) is 21.7. The number of rotatable bonds is 9. The second-order valence-electron chi connectivity index (χ2n) is 13.5. The largest absolute Gasteiger partial charge is 0.514 e. The predicted molar refractivity (Wildman–Crippen MR) is 166 cm³/mol. The highest BCUT2D eigenvalue weighted by Crippen LogP contribution is 2.66. The zero-order valence-corrected chi connectivity index (χ0v) is 27.5. The molecule has 4 aliphatic rings. The van der Waals surface area contributed by atoms with E-state index in [9.17, 15) is 4.79 Å². The molecule has 1 aromatic rings. The van der Waals surface area contributed by atoms with Crippen LogP contribution in [0.4, 0.5) is 4.79 Å². The van der Waals surface area contributed by atoms with Crippen LogP contribution >= 0.6 is 31.9 Å². The molecular formula is C34H48Br2O3. The quantitative estimate of drug-likeness (QED) is 0.114. The number of ether oxygens (including phenoxy) is 2. The maximum atomic E-state index is 12.6. The van der Waals surface area contributed by atoms with Gasteiger partial charge in [-0.1, -0.05) is 70.9 Å². The maximum absolute atomic E-state index is 12.6. The summed E-state index contributed by atoms with van der Waals surface area (Å²) in [4.78, 5) is 12.6. The van der Waals surface area contributed by atoms with E-state index < -0.39 is 6.16 Å². The molecule has 0 N–H and O–H groups in total. The fourth-order valence-electron chi connectivity index (χ4n) is 9.28. The van der Waals surface area contributed by atoms with Gasteiger partial charge in [-0.2, -0.15) is 0 Å². The minimum Gasteiger partial charge on any atom is -0.430 e. The van der Waals surface area contributed by atoms with Gasteiger partial charge in [-0.15, -0.1) is 0 Å². The number of hydrogen-bond acceptors (Lipinski definition) is 3. The Morgan fingerprint density at radius 2 is 1.74 bits per heavy atom. The normalized spacial score (nSPS) is 35.4. The van der Waals surface area contributed by atoms with Gasteiger partial charge in [-0.3, -0.25) is 0 Å². The van der Waals surface area contributed by atoms with Crippen molar-refractivity contribution in [2.75, 3.05) is 0 Å². The molecule has 0 saturated heterocycles. The molecule has 5 rings (SSSR count). The van der Waals surface area contributed by atoms with E-state index in [2.05, 4.69) is 58.7 Å². The van der Waals surface area contributed by atoms with E-state index in [0.29, 0.717) is 11.2 Å². The van der Waals surface area contributed by atoms with Crippen molar-refractivity contribution in [3.8, 4) is 5.75 Å². The monoisotopic (exact) mass is 662 g/mol. The highest BCUT2D eigenvalue weighted by molar-refractivity contribution is 9.13. The van der Waals surface area contributed by atoms with E-state index in [0.717, 1.165) is 51.9 Å². The Labute approximate surface area is 253 Å². The van der Waals surface area contributed by atoms with Crippen molar-refractivity contribution in [2.45, 2.75) is 123 Å². The lowest BCUT2D eigenvalue weighted by molar-refractivity contribution is -0.0538. The van der Waals surface area contributed by atoms with Crippen molar-refractivity contribution in [1.82, 2.24) is 0 Å². The van der Waals surface area contributed by atoms with Crippen LogP contribution in [0.15, 0.2) is 38.8 Å². The molecule has 39 heavy (non-hydrogen) atoms. The Hall–Kier alpha value is -0.810. The van der Waals surface area contributed by atoms with Crippen molar-refractivity contribution in [3.63, 3.8) is 0 Å². The Kier molecular flexibility index (Phi) is 9.58. The van der Waals surface area contributed by atoms with Crippen LogP contribution in [0, 0.1) is 34.5 Å². The first kappa shape index (κ1) is 29.7. The molecule has 0 aromatic heterocycles. The van der Waals surface area contributed by atoms with Gasteiger partial charge in [0.05, 0.1) is 0 Å². The second kappa shape index (κ2) is 12.6. The summed E-state index contributed by atoms with van der Waals surface area (Å²) in [6.45, 7) is 7.51. The second-order valence-corrected chi connectivity index (χ2v) is 15.3. The Morgan fingerprint density at radius 3 is 2.54 bits per heavy atom. The molecule has 0 aliphatic heterocycles. The third kappa shape index (κ3) is 6.20. The van der Waals surface area contributed by atoms with Crippen molar-refractivity contribution >= 4 is 38.0 Å². The summed E-state index contributed by atoms with van der Waals surface area (Å²) < 4.78 is 13.1. The van der Waals surface area contributed by atoms with Crippen LogP contribution in [-0.4, -0.2) is 12.3 Å². The van der Waals surface area contributed by atoms with Gasteiger partial charge in [0.1, 0.15) is 11.9 Å². The molecule has 0 bridgehead atoms. The number of halogens is 2. The average Bonchev–Trinajstić information content (AvgIpc) is 3.24. The van der Waals surface area contributed by atoms with Crippen LogP contribution in [0.1, 0.15) is 117 Å². The fourth-order valence-corrected chi connectivity index (χ4v) is 9.88. The number of carbonyl (C=O) groups is 1. The SMILES string of the molecule is CCCCCCCC[C@H]1CC[C@H]2[C@@H]3CC=C4C[C@@H](OC(=O)Oc5ccc(Br)c(Br)c5)CC[C@]4(C)[C@H]3CC[C@]12C. The summed E-state index contributed by atoms with van der Waals surface area (Å²) in [5.74, 6) is 3.95. The maximum Gasteiger partial charge on any atom is 0.514 e. The first-order valence-corrected chi connectivity index (χ1v) is 17.4. The third-order valence-electron chi connectivity index (χ3n) is 11.5. The lowest BCUT2D eigenvalue weighted by Crippen LogP contribution is -2.50. The average molecular weight is 665 g/mol. The molecule has 0 radical (unpaired) electrons. The van der Waals surface area contributed by atoms with Gasteiger partial charge in [-0.25, -0.2) is 4.79 Å².